The molecule has 3 heterocycles. The number of methoxy groups -OCH3 is 2. The van der Waals surface area contributed by atoms with Gasteiger partial charge < -0.3 is 63.8 Å². The van der Waals surface area contributed by atoms with Crippen LogP contribution in [0.1, 0.15) is 109 Å². The van der Waals surface area contributed by atoms with E-state index < -0.39 is 114 Å². The molecular weight excluding hydrogens is 782 g/mol. The zero-order valence-corrected chi connectivity index (χ0v) is 38.9. The molecule has 17 heteroatoms. The monoisotopic (exact) mass is 862 g/mol. The van der Waals surface area contributed by atoms with E-state index in [1.165, 1.54) is 21.1 Å². The van der Waals surface area contributed by atoms with Gasteiger partial charge in [0.1, 0.15) is 29.5 Å². The maximum atomic E-state index is 14.4. The third-order valence-corrected chi connectivity index (χ3v) is 13.4. The van der Waals surface area contributed by atoms with Crippen molar-refractivity contribution >= 4 is 17.8 Å². The number of cyclic esters (lactones) is 1. The number of aliphatic hydroxyl groups is 3. The molecule has 350 valence electrons. The van der Waals surface area contributed by atoms with Crippen LogP contribution in [0.2, 0.25) is 0 Å². The fraction of sp³-hybridized carbons (Fsp3) is 0.930. The topological polar surface area (TPSA) is 213 Å². The first-order valence-electron chi connectivity index (χ1n) is 21.9. The Hall–Kier alpha value is -2.03. The average molecular weight is 862 g/mol. The summed E-state index contributed by atoms with van der Waals surface area (Å²) >= 11 is 0. The van der Waals surface area contributed by atoms with Crippen molar-refractivity contribution in [3.63, 3.8) is 0 Å². The number of rotatable bonds is 13. The molecule has 5 N–H and O–H groups in total. The second-order valence-electron chi connectivity index (χ2n) is 18.0. The SMILES string of the molecule is CC[C@H]1OC(=O)[C@H](C)[C@@H](O[C@H]2C[C@@](C)(OC)[C@@H](OC(=O)CN(CC)CC)[C@H](C)O2)[C@H](C)[C@@H](O[C@@H]2O[C@H](C)C[C@H](NC)[C@H]2O)[C@](C)(OC)C[C@@H](C)C(=O)N[C@H](C)[C@H](O)[C@]1(C)O. The molecule has 3 aliphatic rings. The number of carbonyl (C=O) groups excluding carboxylic acids is 3. The maximum absolute atomic E-state index is 14.4. The normalized spacial score (nSPS) is 44.0. The fourth-order valence-electron chi connectivity index (χ4n) is 9.23. The van der Waals surface area contributed by atoms with Crippen LogP contribution >= 0.6 is 0 Å². The smallest absolute Gasteiger partial charge is 0.320 e. The van der Waals surface area contributed by atoms with E-state index in [4.69, 9.17) is 37.9 Å². The number of esters is 2. The number of hydrogen-bond donors (Lipinski definition) is 5. The van der Waals surface area contributed by atoms with Crippen molar-refractivity contribution < 1.29 is 67.6 Å². The van der Waals surface area contributed by atoms with Crippen LogP contribution in [0.4, 0.5) is 0 Å². The molecule has 0 aromatic carbocycles. The number of aliphatic hydroxyl groups excluding tert-OH is 2. The highest BCUT2D eigenvalue weighted by atomic mass is 16.7. The number of carbonyl (C=O) groups is 3. The van der Waals surface area contributed by atoms with E-state index >= 15 is 0 Å². The molecule has 3 fully saturated rings. The lowest BCUT2D eigenvalue weighted by Gasteiger charge is -2.49. The molecule has 0 aromatic rings. The number of ether oxygens (including phenoxy) is 8. The Labute approximate surface area is 358 Å². The Balaban J connectivity index is 2.18. The Morgan fingerprint density at radius 3 is 2.07 bits per heavy atom. The first kappa shape index (κ1) is 52.3. The molecule has 3 saturated heterocycles. The molecular formula is C43H79N3O14. The van der Waals surface area contributed by atoms with Crippen LogP contribution in [0.25, 0.3) is 0 Å². The van der Waals surface area contributed by atoms with E-state index in [-0.39, 0.29) is 38.0 Å². The zero-order valence-electron chi connectivity index (χ0n) is 38.9. The first-order valence-corrected chi connectivity index (χ1v) is 21.9. The van der Waals surface area contributed by atoms with Crippen LogP contribution in [0.3, 0.4) is 0 Å². The van der Waals surface area contributed by atoms with Gasteiger partial charge in [0.25, 0.3) is 0 Å². The van der Waals surface area contributed by atoms with Crippen LogP contribution < -0.4 is 10.6 Å². The van der Waals surface area contributed by atoms with Gasteiger partial charge in [-0.05, 0) is 87.9 Å². The Morgan fingerprint density at radius 2 is 1.52 bits per heavy atom. The molecule has 17 nitrogen and oxygen atoms in total. The van der Waals surface area contributed by atoms with Crippen molar-refractivity contribution in [2.45, 2.75) is 199 Å². The molecule has 18 atom stereocenters. The summed E-state index contributed by atoms with van der Waals surface area (Å²) in [7, 11) is 4.78. The quantitative estimate of drug-likeness (QED) is 0.168. The van der Waals surface area contributed by atoms with E-state index in [0.29, 0.717) is 19.5 Å². The van der Waals surface area contributed by atoms with Gasteiger partial charge in [-0.2, -0.15) is 0 Å². The van der Waals surface area contributed by atoms with Gasteiger partial charge in [0, 0.05) is 38.5 Å². The molecule has 60 heavy (non-hydrogen) atoms. The fourth-order valence-corrected chi connectivity index (χ4v) is 9.23. The van der Waals surface area contributed by atoms with Crippen molar-refractivity contribution in [2.75, 3.05) is 40.9 Å². The molecule has 0 aromatic heterocycles. The molecule has 3 aliphatic heterocycles. The number of hydrogen-bond acceptors (Lipinski definition) is 16. The van der Waals surface area contributed by atoms with Crippen LogP contribution in [0.15, 0.2) is 0 Å². The van der Waals surface area contributed by atoms with Crippen LogP contribution in [-0.4, -0.2) is 169 Å². The lowest BCUT2D eigenvalue weighted by molar-refractivity contribution is -0.318. The number of nitrogens with zero attached hydrogens (tertiary/aromatic N) is 1. The number of likely N-dealkylation sites (N-methyl/N-ethyl adjacent to an activating group) is 2. The standard InChI is InChI=1S/C43H79N3O14/c1-16-30-43(12,52)35(49)27(8)45-38(50)23(4)20-41(10,53-14)36(60-40-33(48)29(44-13)19-24(5)55-40)25(6)34(26(7)39(51)57-30)59-32-21-42(11,54-15)37(28(9)56-32)58-31(47)22-46(17-2)18-3/h23-30,32-37,40,44,48-49,52H,16-22H2,1-15H3,(H,45,50)/t23-,24-,25+,26-,27-,28+,29+,30-,32+,33-,34+,35+,36-,37+,40+,41-,42-,43-/m1/s1. The highest BCUT2D eigenvalue weighted by molar-refractivity contribution is 5.78. The molecule has 3 rings (SSSR count). The van der Waals surface area contributed by atoms with Crippen molar-refractivity contribution in [1.82, 2.24) is 15.5 Å². The summed E-state index contributed by atoms with van der Waals surface area (Å²) in [6.07, 6.45) is -9.01. The van der Waals surface area contributed by atoms with E-state index in [0.717, 1.165) is 0 Å². The Bertz CT molecular complexity index is 1390. The van der Waals surface area contributed by atoms with Crippen molar-refractivity contribution in [2.24, 2.45) is 17.8 Å². The minimum absolute atomic E-state index is 0.0831. The van der Waals surface area contributed by atoms with Gasteiger partial charge in [0.2, 0.25) is 5.91 Å². The van der Waals surface area contributed by atoms with Crippen LogP contribution in [-0.2, 0) is 52.3 Å². The van der Waals surface area contributed by atoms with Crippen molar-refractivity contribution in [3.8, 4) is 0 Å². The zero-order chi connectivity index (χ0) is 45.5. The van der Waals surface area contributed by atoms with Gasteiger partial charge in [-0.15, -0.1) is 0 Å². The van der Waals surface area contributed by atoms with Crippen molar-refractivity contribution in [3.05, 3.63) is 0 Å². The number of amides is 1. The third kappa shape index (κ3) is 12.2. The Kier molecular flexibility index (Phi) is 19.2. The molecule has 0 radical (unpaired) electrons. The summed E-state index contributed by atoms with van der Waals surface area (Å²) < 4.78 is 50.8. The van der Waals surface area contributed by atoms with E-state index in [2.05, 4.69) is 10.6 Å². The minimum Gasteiger partial charge on any atom is -0.459 e. The summed E-state index contributed by atoms with van der Waals surface area (Å²) in [5.41, 5.74) is -4.33. The van der Waals surface area contributed by atoms with Gasteiger partial charge in [-0.3, -0.25) is 19.3 Å². The largest absolute Gasteiger partial charge is 0.459 e. The van der Waals surface area contributed by atoms with Gasteiger partial charge >= 0.3 is 11.9 Å². The van der Waals surface area contributed by atoms with E-state index in [1.54, 1.807) is 48.6 Å². The maximum Gasteiger partial charge on any atom is 0.320 e. The first-order chi connectivity index (χ1) is 28.0. The predicted octanol–water partition coefficient (Wildman–Crippen LogP) is 2.29. The summed E-state index contributed by atoms with van der Waals surface area (Å²) in [5, 5.41) is 40.6. The van der Waals surface area contributed by atoms with Gasteiger partial charge in [-0.25, -0.2) is 0 Å². The molecule has 0 saturated carbocycles. The van der Waals surface area contributed by atoms with Crippen LogP contribution in [0, 0.1) is 17.8 Å². The van der Waals surface area contributed by atoms with Gasteiger partial charge in [0.15, 0.2) is 18.7 Å². The van der Waals surface area contributed by atoms with E-state index in [9.17, 15) is 29.7 Å². The van der Waals surface area contributed by atoms with Crippen LogP contribution in [0.5, 0.6) is 0 Å². The second-order valence-corrected chi connectivity index (χ2v) is 18.0. The lowest BCUT2D eigenvalue weighted by Crippen LogP contribution is -2.61. The third-order valence-electron chi connectivity index (χ3n) is 13.4. The summed E-state index contributed by atoms with van der Waals surface area (Å²) in [6.45, 7) is 22.5. The molecule has 1 amide bonds. The number of nitrogens with one attached hydrogen (secondary N) is 2. The molecule has 0 aliphatic carbocycles. The summed E-state index contributed by atoms with van der Waals surface area (Å²) in [4.78, 5) is 43.3. The average Bonchev–Trinajstić information content (AvgIpc) is 3.20. The van der Waals surface area contributed by atoms with Gasteiger partial charge in [0.05, 0.1) is 48.5 Å². The summed E-state index contributed by atoms with van der Waals surface area (Å²) in [5.74, 6) is -4.13. The minimum atomic E-state index is -1.97. The second kappa shape index (κ2) is 22.0. The van der Waals surface area contributed by atoms with Crippen molar-refractivity contribution in [1.29, 1.82) is 0 Å². The molecule has 0 unspecified atom stereocenters. The highest BCUT2D eigenvalue weighted by Crippen LogP contribution is 2.41. The molecule has 0 bridgehead atoms. The predicted molar refractivity (Wildman–Crippen MR) is 222 cm³/mol. The van der Waals surface area contributed by atoms with Gasteiger partial charge in [-0.1, -0.05) is 34.6 Å². The highest BCUT2D eigenvalue weighted by Gasteiger charge is 2.54. The molecule has 0 spiro atoms. The Morgan fingerprint density at radius 1 is 0.917 bits per heavy atom. The van der Waals surface area contributed by atoms with E-state index in [1.807, 2.05) is 39.5 Å². The lowest BCUT2D eigenvalue weighted by atomic mass is 9.77. The summed E-state index contributed by atoms with van der Waals surface area (Å²) in [6, 6.07) is -1.30.